The molecule has 7 nitrogen and oxygen atoms in total. The number of piperidine rings is 1. The van der Waals surface area contributed by atoms with Gasteiger partial charge in [0, 0.05) is 42.3 Å². The van der Waals surface area contributed by atoms with E-state index in [9.17, 15) is 14.4 Å². The van der Waals surface area contributed by atoms with E-state index in [2.05, 4.69) is 40.2 Å². The maximum atomic E-state index is 13.4. The van der Waals surface area contributed by atoms with Gasteiger partial charge in [-0.2, -0.15) is 0 Å². The molecule has 7 heteroatoms. The smallest absolute Gasteiger partial charge is 0.251 e. The zero-order valence-electron chi connectivity index (χ0n) is 24.7. The van der Waals surface area contributed by atoms with Crippen LogP contribution in [0.4, 0.5) is 5.69 Å². The van der Waals surface area contributed by atoms with Crippen LogP contribution in [-0.2, 0) is 9.59 Å². The third-order valence-electron chi connectivity index (χ3n) is 8.61. The van der Waals surface area contributed by atoms with E-state index in [1.54, 1.807) is 24.3 Å². The highest BCUT2D eigenvalue weighted by molar-refractivity contribution is 6.03. The van der Waals surface area contributed by atoms with Crippen molar-refractivity contribution >= 4 is 23.4 Å². The van der Waals surface area contributed by atoms with E-state index in [1.165, 1.54) is 5.56 Å². The van der Waals surface area contributed by atoms with Crippen molar-refractivity contribution in [3.63, 3.8) is 0 Å². The summed E-state index contributed by atoms with van der Waals surface area (Å²) in [5.41, 5.74) is 4.46. The summed E-state index contributed by atoms with van der Waals surface area (Å²) in [6.45, 7) is 1.25. The average molecular weight is 587 g/mol. The van der Waals surface area contributed by atoms with Gasteiger partial charge in [-0.1, -0.05) is 91.0 Å². The molecular weight excluding hydrogens is 548 g/mol. The Morgan fingerprint density at radius 1 is 0.727 bits per heavy atom. The second-order valence-corrected chi connectivity index (χ2v) is 11.7. The monoisotopic (exact) mass is 586 g/mol. The first kappa shape index (κ1) is 29.3. The standard InChI is InChI=1S/C37H38N4O3/c42-35(41-22-20-31(21-23-41)38-33-24-32(33)28-12-6-2-7-13-28)25-34(37(44)39-30-14-8-3-9-15-30)40-36(43)29-18-16-27(17-19-29)26-10-4-1-5-11-26/h1-19,31-34,38H,20-25H2,(H,39,44)(H,40,43)/t32-,33+,34-/m0/s1. The highest BCUT2D eigenvalue weighted by Gasteiger charge is 2.40. The summed E-state index contributed by atoms with van der Waals surface area (Å²) >= 11 is 0. The van der Waals surface area contributed by atoms with Crippen molar-refractivity contribution in [2.45, 2.75) is 49.7 Å². The molecule has 44 heavy (non-hydrogen) atoms. The molecule has 1 saturated heterocycles. The van der Waals surface area contributed by atoms with Gasteiger partial charge in [0.15, 0.2) is 0 Å². The van der Waals surface area contributed by atoms with E-state index in [-0.39, 0.29) is 12.3 Å². The molecule has 4 aromatic carbocycles. The first-order valence-corrected chi connectivity index (χ1v) is 15.4. The molecule has 0 bridgehead atoms. The lowest BCUT2D eigenvalue weighted by molar-refractivity contribution is -0.134. The molecule has 2 aliphatic rings. The number of hydrogen-bond donors (Lipinski definition) is 3. The van der Waals surface area contributed by atoms with Gasteiger partial charge in [-0.3, -0.25) is 14.4 Å². The highest BCUT2D eigenvalue weighted by atomic mass is 16.2. The number of nitrogens with one attached hydrogen (secondary N) is 3. The van der Waals surface area contributed by atoms with E-state index >= 15 is 0 Å². The van der Waals surface area contributed by atoms with Gasteiger partial charge in [-0.25, -0.2) is 0 Å². The van der Waals surface area contributed by atoms with Gasteiger partial charge in [-0.05, 0) is 60.2 Å². The number of carbonyl (C=O) groups is 3. The molecule has 0 radical (unpaired) electrons. The molecular formula is C37H38N4O3. The quantitative estimate of drug-likeness (QED) is 0.225. The minimum Gasteiger partial charge on any atom is -0.343 e. The maximum Gasteiger partial charge on any atom is 0.251 e. The Kier molecular flexibility index (Phi) is 9.13. The number of nitrogens with zero attached hydrogens (tertiary/aromatic N) is 1. The van der Waals surface area contributed by atoms with Crippen LogP contribution < -0.4 is 16.0 Å². The van der Waals surface area contributed by atoms with Gasteiger partial charge in [0.2, 0.25) is 11.8 Å². The van der Waals surface area contributed by atoms with Crippen LogP contribution >= 0.6 is 0 Å². The van der Waals surface area contributed by atoms with Gasteiger partial charge >= 0.3 is 0 Å². The van der Waals surface area contributed by atoms with E-state index < -0.39 is 17.9 Å². The topological polar surface area (TPSA) is 90.5 Å². The Hall–Kier alpha value is -4.75. The van der Waals surface area contributed by atoms with E-state index in [1.807, 2.05) is 71.6 Å². The number of hydrogen-bond acceptors (Lipinski definition) is 4. The summed E-state index contributed by atoms with van der Waals surface area (Å²) in [5.74, 6) is -0.384. The predicted octanol–water partition coefficient (Wildman–Crippen LogP) is 5.62. The number of anilines is 1. The average Bonchev–Trinajstić information content (AvgIpc) is 3.85. The molecule has 0 unspecified atom stereocenters. The van der Waals surface area contributed by atoms with Crippen molar-refractivity contribution in [3.8, 4) is 11.1 Å². The predicted molar refractivity (Wildman–Crippen MR) is 173 cm³/mol. The van der Waals surface area contributed by atoms with Gasteiger partial charge in [0.1, 0.15) is 6.04 Å². The van der Waals surface area contributed by atoms with Crippen LogP contribution in [0.15, 0.2) is 115 Å². The van der Waals surface area contributed by atoms with Crippen LogP contribution in [0.2, 0.25) is 0 Å². The summed E-state index contributed by atoms with van der Waals surface area (Å²) in [6, 6.07) is 36.7. The molecule has 4 aromatic rings. The SMILES string of the molecule is O=C(N[C@@H](CC(=O)N1CCC(N[C@@H]2C[C@H]2c2ccccc2)CC1)C(=O)Nc1ccccc1)c1ccc(-c2ccccc2)cc1. The molecule has 1 aliphatic carbocycles. The Bertz CT molecular complexity index is 1550. The van der Waals surface area contributed by atoms with Crippen molar-refractivity contribution in [1.82, 2.24) is 15.5 Å². The van der Waals surface area contributed by atoms with Crippen molar-refractivity contribution in [2.24, 2.45) is 0 Å². The first-order valence-electron chi connectivity index (χ1n) is 15.4. The summed E-state index contributed by atoms with van der Waals surface area (Å²) in [4.78, 5) is 41.9. The molecule has 224 valence electrons. The molecule has 0 spiro atoms. The summed E-state index contributed by atoms with van der Waals surface area (Å²) in [5, 5.41) is 9.48. The summed E-state index contributed by atoms with van der Waals surface area (Å²) in [7, 11) is 0. The first-order chi connectivity index (χ1) is 21.5. The number of carbonyl (C=O) groups excluding carboxylic acids is 3. The Morgan fingerprint density at radius 2 is 1.32 bits per heavy atom. The van der Waals surface area contributed by atoms with Crippen LogP contribution in [0, 0.1) is 0 Å². The van der Waals surface area contributed by atoms with E-state index in [0.717, 1.165) is 30.4 Å². The lowest BCUT2D eigenvalue weighted by Crippen LogP contribution is -2.50. The number of para-hydroxylation sites is 1. The molecule has 0 aromatic heterocycles. The van der Waals surface area contributed by atoms with Crippen LogP contribution in [0.1, 0.15) is 47.5 Å². The lowest BCUT2D eigenvalue weighted by Gasteiger charge is -2.33. The maximum absolute atomic E-state index is 13.4. The zero-order chi connectivity index (χ0) is 30.3. The second kappa shape index (κ2) is 13.7. The second-order valence-electron chi connectivity index (χ2n) is 11.7. The van der Waals surface area contributed by atoms with Gasteiger partial charge in [-0.15, -0.1) is 0 Å². The van der Waals surface area contributed by atoms with Gasteiger partial charge in [0.05, 0.1) is 6.42 Å². The molecule has 3 N–H and O–H groups in total. The highest BCUT2D eigenvalue weighted by Crippen LogP contribution is 2.41. The molecule has 3 atom stereocenters. The Labute approximate surface area is 258 Å². The molecule has 1 aliphatic heterocycles. The number of benzene rings is 4. The van der Waals surface area contributed by atoms with Crippen LogP contribution in [-0.4, -0.2) is 53.8 Å². The number of likely N-dealkylation sites (tertiary alicyclic amines) is 1. The molecule has 1 saturated carbocycles. The fraction of sp³-hybridized carbons (Fsp3) is 0.270. The lowest BCUT2D eigenvalue weighted by atomic mass is 10.0. The number of amides is 3. The van der Waals surface area contributed by atoms with Crippen LogP contribution in [0.25, 0.3) is 11.1 Å². The van der Waals surface area contributed by atoms with E-state index in [4.69, 9.17) is 0 Å². The van der Waals surface area contributed by atoms with Crippen molar-refractivity contribution in [2.75, 3.05) is 18.4 Å². The zero-order valence-corrected chi connectivity index (χ0v) is 24.7. The Morgan fingerprint density at radius 3 is 1.98 bits per heavy atom. The van der Waals surface area contributed by atoms with Gasteiger partial charge in [0.25, 0.3) is 5.91 Å². The third kappa shape index (κ3) is 7.41. The third-order valence-corrected chi connectivity index (χ3v) is 8.61. The van der Waals surface area contributed by atoms with Gasteiger partial charge < -0.3 is 20.9 Å². The Balaban J connectivity index is 1.06. The minimum absolute atomic E-state index is 0.108. The largest absolute Gasteiger partial charge is 0.343 e. The normalized spacial score (nSPS) is 18.7. The summed E-state index contributed by atoms with van der Waals surface area (Å²) < 4.78 is 0. The fourth-order valence-corrected chi connectivity index (χ4v) is 6.00. The van der Waals surface area contributed by atoms with E-state index in [0.29, 0.717) is 42.3 Å². The minimum atomic E-state index is -1.02. The number of rotatable bonds is 10. The van der Waals surface area contributed by atoms with Crippen LogP contribution in [0.3, 0.4) is 0 Å². The van der Waals surface area contributed by atoms with Crippen molar-refractivity contribution in [1.29, 1.82) is 0 Å². The van der Waals surface area contributed by atoms with Crippen molar-refractivity contribution < 1.29 is 14.4 Å². The van der Waals surface area contributed by atoms with Crippen LogP contribution in [0.5, 0.6) is 0 Å². The van der Waals surface area contributed by atoms with Crippen molar-refractivity contribution in [3.05, 3.63) is 126 Å². The molecule has 1 heterocycles. The molecule has 6 rings (SSSR count). The summed E-state index contributed by atoms with van der Waals surface area (Å²) in [6.07, 6.45) is 2.77. The fourth-order valence-electron chi connectivity index (χ4n) is 6.00. The molecule has 3 amide bonds. The molecule has 2 fully saturated rings.